The lowest BCUT2D eigenvalue weighted by Crippen LogP contribution is -2.40. The summed E-state index contributed by atoms with van der Waals surface area (Å²) in [4.78, 5) is 26.6. The average Bonchev–Trinajstić information content (AvgIpc) is 3.09. The second kappa shape index (κ2) is 8.63. The van der Waals surface area contributed by atoms with Crippen LogP contribution in [0.15, 0.2) is 60.2 Å². The maximum Gasteiger partial charge on any atom is 0.329 e. The number of hydrogen-bond donors (Lipinski definition) is 2. The van der Waals surface area contributed by atoms with Gasteiger partial charge in [-0.1, -0.05) is 26.8 Å². The van der Waals surface area contributed by atoms with Crippen LogP contribution in [0.2, 0.25) is 0 Å². The van der Waals surface area contributed by atoms with E-state index in [-0.39, 0.29) is 35.6 Å². The van der Waals surface area contributed by atoms with Gasteiger partial charge in [-0.2, -0.15) is 13.8 Å². The van der Waals surface area contributed by atoms with E-state index >= 15 is 0 Å². The third-order valence-corrected chi connectivity index (χ3v) is 6.18. The van der Waals surface area contributed by atoms with Gasteiger partial charge in [0.1, 0.15) is 5.39 Å². The Morgan fingerprint density at radius 1 is 1.22 bits per heavy atom. The minimum Gasteiger partial charge on any atom is -0.324 e. The summed E-state index contributed by atoms with van der Waals surface area (Å²) >= 11 is 0. The van der Waals surface area contributed by atoms with Crippen LogP contribution in [0.5, 0.6) is 0 Å². The monoisotopic (exact) mass is 491 g/mol. The first-order valence-electron chi connectivity index (χ1n) is 11.7. The Labute approximate surface area is 206 Å². The van der Waals surface area contributed by atoms with Crippen LogP contribution in [0, 0.1) is 0 Å². The Balaban J connectivity index is 1.60. The number of pyridine rings is 1. The number of allylic oxidation sites excluding steroid dienone is 1. The third-order valence-electron chi connectivity index (χ3n) is 6.18. The number of halogens is 2. The molecule has 4 aromatic rings. The fourth-order valence-electron chi connectivity index (χ4n) is 4.36. The summed E-state index contributed by atoms with van der Waals surface area (Å²) in [7, 11) is 0. The lowest BCUT2D eigenvalue weighted by molar-refractivity contribution is -0.0467. The van der Waals surface area contributed by atoms with Crippen LogP contribution in [-0.2, 0) is 24.4 Å². The minimum atomic E-state index is -3.05. The Hall–Kier alpha value is -3.92. The molecule has 3 aromatic heterocycles. The van der Waals surface area contributed by atoms with Crippen molar-refractivity contribution in [1.82, 2.24) is 29.6 Å². The molecule has 1 aromatic carbocycles. The molecule has 1 aliphatic heterocycles. The fraction of sp³-hybridized carbons (Fsp3) is 0.308. The quantitative estimate of drug-likeness (QED) is 0.318. The molecule has 186 valence electrons. The number of anilines is 2. The second-order valence-electron chi connectivity index (χ2n) is 9.82. The molecule has 0 fully saturated rings. The first-order valence-corrected chi connectivity index (χ1v) is 11.7. The number of nitrogens with one attached hydrogen (secondary N) is 2. The van der Waals surface area contributed by atoms with Crippen molar-refractivity contribution < 1.29 is 8.78 Å². The van der Waals surface area contributed by atoms with Gasteiger partial charge in [-0.25, -0.2) is 14.3 Å². The van der Waals surface area contributed by atoms with E-state index in [1.54, 1.807) is 33.8 Å². The molecule has 2 N–H and O–H groups in total. The van der Waals surface area contributed by atoms with Gasteiger partial charge in [-0.3, -0.25) is 15.1 Å². The molecule has 8 nitrogen and oxygen atoms in total. The van der Waals surface area contributed by atoms with E-state index in [1.165, 1.54) is 12.3 Å². The number of rotatable bonds is 5. The zero-order valence-electron chi connectivity index (χ0n) is 20.3. The molecule has 0 amide bonds. The summed E-state index contributed by atoms with van der Waals surface area (Å²) in [5, 5.41) is 5.69. The first-order chi connectivity index (χ1) is 17.1. The number of fused-ring (bicyclic) bond motifs is 2. The van der Waals surface area contributed by atoms with E-state index in [0.29, 0.717) is 28.7 Å². The fourth-order valence-corrected chi connectivity index (χ4v) is 4.36. The maximum absolute atomic E-state index is 14.1. The van der Waals surface area contributed by atoms with Crippen molar-refractivity contribution in [3.63, 3.8) is 0 Å². The first kappa shape index (κ1) is 23.8. The molecular formula is C26H27F2N7O. The van der Waals surface area contributed by atoms with Gasteiger partial charge in [-0.15, -0.1) is 6.58 Å². The summed E-state index contributed by atoms with van der Waals surface area (Å²) in [5.74, 6) is 0.248. The Kier molecular flexibility index (Phi) is 5.71. The summed E-state index contributed by atoms with van der Waals surface area (Å²) in [6.07, 6.45) is 5.32. The molecule has 0 radical (unpaired) electrons. The summed E-state index contributed by atoms with van der Waals surface area (Å²) < 4.78 is 31.6. The van der Waals surface area contributed by atoms with Gasteiger partial charge in [0.25, 0.3) is 5.56 Å². The van der Waals surface area contributed by atoms with E-state index in [4.69, 9.17) is 0 Å². The molecule has 0 aliphatic carbocycles. The Bertz CT molecular complexity index is 1530. The van der Waals surface area contributed by atoms with Gasteiger partial charge >= 0.3 is 6.05 Å². The van der Waals surface area contributed by atoms with Crippen molar-refractivity contribution >= 4 is 22.7 Å². The molecule has 0 saturated heterocycles. The van der Waals surface area contributed by atoms with Crippen LogP contribution in [0.1, 0.15) is 37.6 Å². The molecule has 0 saturated carbocycles. The minimum absolute atomic E-state index is 0.0293. The van der Waals surface area contributed by atoms with Gasteiger partial charge in [0.2, 0.25) is 5.95 Å². The lowest BCUT2D eigenvalue weighted by Gasteiger charge is -2.26. The Morgan fingerprint density at radius 3 is 2.78 bits per heavy atom. The predicted molar refractivity (Wildman–Crippen MR) is 135 cm³/mol. The molecule has 0 unspecified atom stereocenters. The standard InChI is InChI=1S/C26H27F2N7O/c1-5-12-34-23(36)19-15-30-24(32-17-6-7-20-16(13-17)8-11-31-26(20,27)28)33-22(19)35(34)18-9-10-29-21(14-18)25(2,3)4/h5-7,9-10,13-15,31H,1,8,11-12H2,2-4H3,(H,30,32,33). The van der Waals surface area contributed by atoms with E-state index in [2.05, 4.69) is 52.9 Å². The number of aromatic nitrogens is 5. The van der Waals surface area contributed by atoms with Gasteiger partial charge in [0.05, 0.1) is 12.2 Å². The number of nitrogens with zero attached hydrogens (tertiary/aromatic N) is 5. The van der Waals surface area contributed by atoms with Gasteiger partial charge in [0, 0.05) is 41.3 Å². The highest BCUT2D eigenvalue weighted by Crippen LogP contribution is 2.33. The van der Waals surface area contributed by atoms with Crippen LogP contribution >= 0.6 is 0 Å². The predicted octanol–water partition coefficient (Wildman–Crippen LogP) is 4.40. The molecule has 10 heteroatoms. The van der Waals surface area contributed by atoms with Crippen molar-refractivity contribution in [3.05, 3.63) is 82.6 Å². The molecule has 36 heavy (non-hydrogen) atoms. The number of alkyl halides is 2. The van der Waals surface area contributed by atoms with Gasteiger partial charge in [0.15, 0.2) is 5.65 Å². The molecule has 0 bridgehead atoms. The topological polar surface area (TPSA) is 89.7 Å². The smallest absolute Gasteiger partial charge is 0.324 e. The highest BCUT2D eigenvalue weighted by Gasteiger charge is 2.36. The normalized spacial score (nSPS) is 15.0. The van der Waals surface area contributed by atoms with E-state index < -0.39 is 6.05 Å². The number of benzene rings is 1. The highest BCUT2D eigenvalue weighted by molar-refractivity contribution is 5.77. The van der Waals surface area contributed by atoms with Crippen molar-refractivity contribution in [2.24, 2.45) is 0 Å². The molecule has 0 atom stereocenters. The van der Waals surface area contributed by atoms with Crippen molar-refractivity contribution in [2.75, 3.05) is 11.9 Å². The third kappa shape index (κ3) is 4.17. The Morgan fingerprint density at radius 2 is 2.03 bits per heavy atom. The second-order valence-corrected chi connectivity index (χ2v) is 9.82. The molecule has 1 aliphatic rings. The van der Waals surface area contributed by atoms with Gasteiger partial charge < -0.3 is 5.32 Å². The summed E-state index contributed by atoms with van der Waals surface area (Å²) in [5.41, 5.74) is 2.70. The average molecular weight is 492 g/mol. The summed E-state index contributed by atoms with van der Waals surface area (Å²) in [6.45, 7) is 10.5. The van der Waals surface area contributed by atoms with Crippen LogP contribution in [0.3, 0.4) is 0 Å². The zero-order chi connectivity index (χ0) is 25.7. The van der Waals surface area contributed by atoms with Crippen LogP contribution in [0.25, 0.3) is 16.7 Å². The van der Waals surface area contributed by atoms with E-state index in [0.717, 1.165) is 11.4 Å². The number of hydrogen-bond acceptors (Lipinski definition) is 6. The van der Waals surface area contributed by atoms with Gasteiger partial charge in [-0.05, 0) is 42.3 Å². The zero-order valence-corrected chi connectivity index (χ0v) is 20.3. The van der Waals surface area contributed by atoms with Crippen LogP contribution < -0.4 is 16.2 Å². The van der Waals surface area contributed by atoms with Crippen molar-refractivity contribution in [3.8, 4) is 5.69 Å². The molecule has 4 heterocycles. The highest BCUT2D eigenvalue weighted by atomic mass is 19.3. The summed E-state index contributed by atoms with van der Waals surface area (Å²) in [6, 6.07) is 5.37. The molecule has 5 rings (SSSR count). The van der Waals surface area contributed by atoms with E-state index in [1.807, 2.05) is 12.1 Å². The SMILES string of the molecule is C=CCn1c(=O)c2cnc(Nc3ccc4c(c3)CCNC4(F)F)nc2n1-c1ccnc(C(C)(C)C)c1. The van der Waals surface area contributed by atoms with Crippen LogP contribution in [0.4, 0.5) is 20.4 Å². The van der Waals surface area contributed by atoms with Crippen molar-refractivity contribution in [2.45, 2.75) is 45.2 Å². The largest absolute Gasteiger partial charge is 0.329 e. The van der Waals surface area contributed by atoms with Crippen molar-refractivity contribution in [1.29, 1.82) is 0 Å². The lowest BCUT2D eigenvalue weighted by atomic mass is 9.91. The van der Waals surface area contributed by atoms with Crippen LogP contribution in [-0.4, -0.2) is 30.9 Å². The molecular weight excluding hydrogens is 464 g/mol. The van der Waals surface area contributed by atoms with E-state index in [9.17, 15) is 13.6 Å². The maximum atomic E-state index is 14.1. The molecule has 0 spiro atoms.